The summed E-state index contributed by atoms with van der Waals surface area (Å²) < 4.78 is 0. The van der Waals surface area contributed by atoms with Gasteiger partial charge < -0.3 is 5.73 Å². The number of amides is 1. The van der Waals surface area contributed by atoms with Crippen LogP contribution in [-0.2, 0) is 17.6 Å². The molecule has 0 aliphatic heterocycles. The second kappa shape index (κ2) is 8.25. The molecule has 1 amide bonds. The number of aryl methyl sites for hydroxylation is 1. The van der Waals surface area contributed by atoms with Crippen LogP contribution in [0.4, 0.5) is 5.69 Å². The molecule has 0 bridgehead atoms. The molecule has 0 spiro atoms. The number of pyridine rings is 2. The van der Waals surface area contributed by atoms with Crippen molar-refractivity contribution in [2.24, 2.45) is 5.73 Å². The van der Waals surface area contributed by atoms with Gasteiger partial charge in [0.25, 0.3) is 0 Å². The van der Waals surface area contributed by atoms with E-state index in [1.807, 2.05) is 6.07 Å². The van der Waals surface area contributed by atoms with Crippen LogP contribution in [0.3, 0.4) is 0 Å². The van der Waals surface area contributed by atoms with E-state index in [0.717, 1.165) is 73.7 Å². The van der Waals surface area contributed by atoms with Crippen molar-refractivity contribution in [3.8, 4) is 0 Å². The zero-order chi connectivity index (χ0) is 17.6. The third kappa shape index (κ3) is 4.25. The molecule has 0 radical (unpaired) electrons. The number of primary amides is 1. The highest BCUT2D eigenvalue weighted by Crippen LogP contribution is 2.35. The Kier molecular flexibility index (Phi) is 5.81. The number of carbonyl (C=O) groups is 1. The van der Waals surface area contributed by atoms with Crippen molar-refractivity contribution < 1.29 is 10.0 Å². The SMILES string of the molecule is NC(=O)CCCCCCN(O)c1c2c(nc3cnccc13)CCCC2. The van der Waals surface area contributed by atoms with Crippen LogP contribution in [0.1, 0.15) is 56.2 Å². The number of hydrogen-bond donors (Lipinski definition) is 2. The molecule has 6 nitrogen and oxygen atoms in total. The number of fused-ring (bicyclic) bond motifs is 2. The lowest BCUT2D eigenvalue weighted by atomic mass is 9.93. The number of nitrogens with two attached hydrogens (primary N) is 1. The molecular weight excluding hydrogens is 316 g/mol. The first kappa shape index (κ1) is 17.6. The number of rotatable bonds is 8. The van der Waals surface area contributed by atoms with Crippen molar-refractivity contribution in [2.45, 2.75) is 57.8 Å². The molecule has 0 saturated heterocycles. The zero-order valence-electron chi connectivity index (χ0n) is 14.6. The summed E-state index contributed by atoms with van der Waals surface area (Å²) in [5, 5.41) is 13.1. The van der Waals surface area contributed by atoms with Crippen molar-refractivity contribution in [1.82, 2.24) is 9.97 Å². The molecule has 0 atom stereocenters. The lowest BCUT2D eigenvalue weighted by Crippen LogP contribution is -2.23. The van der Waals surface area contributed by atoms with Crippen LogP contribution in [0.25, 0.3) is 10.9 Å². The van der Waals surface area contributed by atoms with E-state index in [-0.39, 0.29) is 5.91 Å². The number of nitrogens with zero attached hydrogens (tertiary/aromatic N) is 3. The summed E-state index contributed by atoms with van der Waals surface area (Å²) >= 11 is 0. The summed E-state index contributed by atoms with van der Waals surface area (Å²) in [4.78, 5) is 19.7. The molecular formula is C19H26N4O2. The molecule has 0 unspecified atom stereocenters. The van der Waals surface area contributed by atoms with Crippen LogP contribution < -0.4 is 10.8 Å². The Bertz CT molecular complexity index is 748. The molecule has 2 aromatic heterocycles. The van der Waals surface area contributed by atoms with Gasteiger partial charge in [-0.05, 0) is 50.2 Å². The van der Waals surface area contributed by atoms with Gasteiger partial charge in [-0.3, -0.25) is 25.0 Å². The predicted octanol–water partition coefficient (Wildman–Crippen LogP) is 3.14. The Balaban J connectivity index is 1.72. The van der Waals surface area contributed by atoms with Gasteiger partial charge in [-0.15, -0.1) is 0 Å². The first-order valence-electron chi connectivity index (χ1n) is 9.17. The number of unbranched alkanes of at least 4 members (excludes halogenated alkanes) is 3. The summed E-state index contributed by atoms with van der Waals surface area (Å²) in [6.45, 7) is 0.574. The number of carbonyl (C=O) groups excluding carboxylic acids is 1. The Morgan fingerprint density at radius 1 is 1.20 bits per heavy atom. The monoisotopic (exact) mass is 342 g/mol. The third-order valence-corrected chi connectivity index (χ3v) is 4.84. The highest BCUT2D eigenvalue weighted by atomic mass is 16.5. The summed E-state index contributed by atoms with van der Waals surface area (Å²) in [7, 11) is 0. The van der Waals surface area contributed by atoms with Crippen LogP contribution >= 0.6 is 0 Å². The third-order valence-electron chi connectivity index (χ3n) is 4.84. The standard InChI is InChI=1S/C19H26N4O2/c20-18(24)9-3-1-2-6-12-23(25)19-14-7-4-5-8-16(14)22-17-13-21-11-10-15(17)19/h10-11,13,25H,1-9,12H2,(H2,20,24). The molecule has 6 heteroatoms. The average Bonchev–Trinajstić information content (AvgIpc) is 2.62. The molecule has 0 fully saturated rings. The molecule has 0 saturated carbocycles. The molecule has 1 aliphatic rings. The van der Waals surface area contributed by atoms with E-state index >= 15 is 0 Å². The summed E-state index contributed by atoms with van der Waals surface area (Å²) in [5.74, 6) is -0.243. The Morgan fingerprint density at radius 2 is 2.00 bits per heavy atom. The second-order valence-corrected chi connectivity index (χ2v) is 6.74. The quantitative estimate of drug-likeness (QED) is 0.568. The van der Waals surface area contributed by atoms with Crippen LogP contribution in [0, 0.1) is 0 Å². The van der Waals surface area contributed by atoms with E-state index in [1.165, 1.54) is 10.6 Å². The van der Waals surface area contributed by atoms with E-state index in [1.54, 1.807) is 12.4 Å². The fraction of sp³-hybridized carbons (Fsp3) is 0.526. The lowest BCUT2D eigenvalue weighted by Gasteiger charge is -2.26. The van der Waals surface area contributed by atoms with Crippen molar-refractivity contribution in [3.63, 3.8) is 0 Å². The molecule has 3 rings (SSSR count). The van der Waals surface area contributed by atoms with Crippen LogP contribution in [-0.4, -0.2) is 27.6 Å². The van der Waals surface area contributed by atoms with Gasteiger partial charge in [0.1, 0.15) is 0 Å². The second-order valence-electron chi connectivity index (χ2n) is 6.74. The predicted molar refractivity (Wildman–Crippen MR) is 97.6 cm³/mol. The van der Waals surface area contributed by atoms with E-state index < -0.39 is 0 Å². The Hall–Kier alpha value is -2.21. The average molecular weight is 342 g/mol. The van der Waals surface area contributed by atoms with Gasteiger partial charge >= 0.3 is 0 Å². The van der Waals surface area contributed by atoms with E-state index in [9.17, 15) is 10.0 Å². The Morgan fingerprint density at radius 3 is 2.84 bits per heavy atom. The number of hydrogen-bond acceptors (Lipinski definition) is 5. The first-order valence-corrected chi connectivity index (χ1v) is 9.17. The molecule has 0 aromatic carbocycles. The largest absolute Gasteiger partial charge is 0.370 e. The van der Waals surface area contributed by atoms with Gasteiger partial charge in [0.05, 0.1) is 17.4 Å². The van der Waals surface area contributed by atoms with Gasteiger partial charge in [0.2, 0.25) is 5.91 Å². The molecule has 134 valence electrons. The summed E-state index contributed by atoms with van der Waals surface area (Å²) in [5.41, 5.74) is 9.18. The van der Waals surface area contributed by atoms with Crippen molar-refractivity contribution in [3.05, 3.63) is 29.7 Å². The molecule has 2 heterocycles. The molecule has 1 aliphatic carbocycles. The molecule has 2 aromatic rings. The van der Waals surface area contributed by atoms with Gasteiger partial charge in [0.15, 0.2) is 0 Å². The Labute approximate surface area is 148 Å². The smallest absolute Gasteiger partial charge is 0.217 e. The van der Waals surface area contributed by atoms with Crippen LogP contribution in [0.2, 0.25) is 0 Å². The fourth-order valence-electron chi connectivity index (χ4n) is 3.57. The van der Waals surface area contributed by atoms with Crippen molar-refractivity contribution in [2.75, 3.05) is 11.6 Å². The van der Waals surface area contributed by atoms with Gasteiger partial charge in [0, 0.05) is 30.2 Å². The van der Waals surface area contributed by atoms with Gasteiger partial charge in [-0.1, -0.05) is 12.8 Å². The number of anilines is 1. The highest BCUT2D eigenvalue weighted by Gasteiger charge is 2.21. The normalized spacial score (nSPS) is 13.6. The van der Waals surface area contributed by atoms with E-state index in [0.29, 0.717) is 13.0 Å². The summed E-state index contributed by atoms with van der Waals surface area (Å²) in [6.07, 6.45) is 11.8. The van der Waals surface area contributed by atoms with Gasteiger partial charge in [-0.2, -0.15) is 0 Å². The maximum absolute atomic E-state index is 10.7. The van der Waals surface area contributed by atoms with Gasteiger partial charge in [-0.25, -0.2) is 0 Å². The minimum atomic E-state index is -0.243. The van der Waals surface area contributed by atoms with E-state index in [2.05, 4.69) is 4.98 Å². The fourth-order valence-corrected chi connectivity index (χ4v) is 3.57. The topological polar surface area (TPSA) is 92.3 Å². The minimum Gasteiger partial charge on any atom is -0.370 e. The van der Waals surface area contributed by atoms with E-state index in [4.69, 9.17) is 10.7 Å². The lowest BCUT2D eigenvalue weighted by molar-refractivity contribution is -0.118. The zero-order valence-corrected chi connectivity index (χ0v) is 14.6. The highest BCUT2D eigenvalue weighted by molar-refractivity contribution is 5.93. The maximum Gasteiger partial charge on any atom is 0.217 e. The van der Waals surface area contributed by atoms with Crippen LogP contribution in [0.15, 0.2) is 18.5 Å². The summed E-state index contributed by atoms with van der Waals surface area (Å²) in [6, 6.07) is 1.93. The first-order chi connectivity index (χ1) is 12.2. The minimum absolute atomic E-state index is 0.243. The van der Waals surface area contributed by atoms with Crippen molar-refractivity contribution >= 4 is 22.5 Å². The number of aromatic nitrogens is 2. The van der Waals surface area contributed by atoms with Crippen molar-refractivity contribution in [1.29, 1.82) is 0 Å². The maximum atomic E-state index is 10.7. The molecule has 3 N–H and O–H groups in total. The molecule has 25 heavy (non-hydrogen) atoms. The number of hydroxylamine groups is 1. The van der Waals surface area contributed by atoms with Crippen LogP contribution in [0.5, 0.6) is 0 Å².